The van der Waals surface area contributed by atoms with Gasteiger partial charge in [-0.25, -0.2) is 0 Å². The summed E-state index contributed by atoms with van der Waals surface area (Å²) in [6.45, 7) is 3.52. The molecule has 0 aliphatic heterocycles. The molecule has 2 nitrogen and oxygen atoms in total. The maximum absolute atomic E-state index is 11.9. The zero-order valence-corrected chi connectivity index (χ0v) is 11.5. The summed E-state index contributed by atoms with van der Waals surface area (Å²) in [5.74, 6) is 5.07. The molecule has 0 aromatic heterocycles. The first-order chi connectivity index (χ1) is 8.03. The molecule has 0 spiro atoms. The van der Waals surface area contributed by atoms with Crippen LogP contribution in [0.4, 0.5) is 0 Å². The fourth-order valence-corrected chi connectivity index (χ4v) is 6.30. The van der Waals surface area contributed by atoms with Gasteiger partial charge in [-0.1, -0.05) is 12.2 Å². The highest BCUT2D eigenvalue weighted by atomic mass is 31.2. The van der Waals surface area contributed by atoms with Crippen LogP contribution in [0.25, 0.3) is 0 Å². The smallest absolute Gasteiger partial charge is 0.197 e. The van der Waals surface area contributed by atoms with E-state index < -0.39 is 7.37 Å². The topological polar surface area (TPSA) is 26.3 Å². The zero-order chi connectivity index (χ0) is 11.8. The second-order valence-electron chi connectivity index (χ2n) is 6.89. The minimum Gasteiger partial charge on any atom is -0.325 e. The second kappa shape index (κ2) is 3.27. The van der Waals surface area contributed by atoms with Crippen LogP contribution in [0.3, 0.4) is 0 Å². The number of hydrogen-bond acceptors (Lipinski definition) is 2. The Morgan fingerprint density at radius 1 is 1.06 bits per heavy atom. The van der Waals surface area contributed by atoms with E-state index in [2.05, 4.69) is 12.2 Å². The third kappa shape index (κ3) is 1.47. The number of rotatable bonds is 2. The van der Waals surface area contributed by atoms with Crippen LogP contribution in [-0.2, 0) is 9.09 Å². The first-order valence-electron chi connectivity index (χ1n) is 6.94. The Balaban J connectivity index is 1.59. The van der Waals surface area contributed by atoms with Gasteiger partial charge in [-0.15, -0.1) is 0 Å². The molecule has 0 aromatic carbocycles. The van der Waals surface area contributed by atoms with E-state index in [1.165, 1.54) is 19.3 Å². The van der Waals surface area contributed by atoms with Gasteiger partial charge < -0.3 is 4.52 Å². The molecule has 0 aromatic rings. The quantitative estimate of drug-likeness (QED) is 0.428. The largest absolute Gasteiger partial charge is 0.325 e. The van der Waals surface area contributed by atoms with Crippen molar-refractivity contribution in [3.05, 3.63) is 12.2 Å². The molecule has 0 N–H and O–H groups in total. The van der Waals surface area contributed by atoms with Crippen LogP contribution in [0.15, 0.2) is 12.2 Å². The molecule has 3 fully saturated rings. The molecule has 3 heteroatoms. The highest BCUT2D eigenvalue weighted by Gasteiger charge is 2.61. The van der Waals surface area contributed by atoms with Crippen molar-refractivity contribution in [1.82, 2.24) is 0 Å². The lowest BCUT2D eigenvalue weighted by Gasteiger charge is -2.37. The molecule has 0 saturated heterocycles. The highest BCUT2D eigenvalue weighted by Crippen LogP contribution is 2.67. The molecule has 3 saturated carbocycles. The summed E-state index contributed by atoms with van der Waals surface area (Å²) in [4.78, 5) is 0. The standard InChI is InChI=1S/C14H21O2P/c1-17(2,15)16-12-7-10-6-11(12)14-9-4-3-8(5-9)13(10)14/h3-4,8-14H,5-7H2,1-2H3. The lowest BCUT2D eigenvalue weighted by atomic mass is 9.72. The van der Waals surface area contributed by atoms with Crippen molar-refractivity contribution in [3.8, 4) is 0 Å². The Kier molecular flexibility index (Phi) is 2.08. The Morgan fingerprint density at radius 3 is 2.47 bits per heavy atom. The van der Waals surface area contributed by atoms with Crippen molar-refractivity contribution < 1.29 is 9.09 Å². The van der Waals surface area contributed by atoms with Crippen molar-refractivity contribution >= 4 is 7.37 Å². The van der Waals surface area contributed by atoms with Crippen molar-refractivity contribution in [1.29, 1.82) is 0 Å². The summed E-state index contributed by atoms with van der Waals surface area (Å²) in [5, 5.41) is 0. The first-order valence-corrected chi connectivity index (χ1v) is 9.46. The van der Waals surface area contributed by atoms with Crippen molar-refractivity contribution in [2.75, 3.05) is 13.3 Å². The van der Waals surface area contributed by atoms with Crippen LogP contribution in [0.1, 0.15) is 19.3 Å². The molecule has 4 bridgehead atoms. The third-order valence-corrected chi connectivity index (χ3v) is 6.38. The maximum atomic E-state index is 11.9. The van der Waals surface area contributed by atoms with Gasteiger partial charge in [0.1, 0.15) is 0 Å². The number of fused-ring (bicyclic) bond motifs is 9. The molecular formula is C14H21O2P. The van der Waals surface area contributed by atoms with Crippen LogP contribution in [0, 0.1) is 35.5 Å². The van der Waals surface area contributed by atoms with Crippen molar-refractivity contribution in [2.45, 2.75) is 25.4 Å². The minimum absolute atomic E-state index is 0.301. The predicted molar refractivity (Wildman–Crippen MR) is 68.3 cm³/mol. The molecule has 7 atom stereocenters. The van der Waals surface area contributed by atoms with E-state index in [0.717, 1.165) is 29.6 Å². The molecule has 94 valence electrons. The summed E-state index contributed by atoms with van der Waals surface area (Å²) in [7, 11) is -2.32. The normalized spacial score (nSPS) is 54.6. The first kappa shape index (κ1) is 10.8. The van der Waals surface area contributed by atoms with Gasteiger partial charge in [0, 0.05) is 13.3 Å². The molecule has 17 heavy (non-hydrogen) atoms. The molecule has 4 aliphatic carbocycles. The van der Waals surface area contributed by atoms with Crippen LogP contribution in [-0.4, -0.2) is 19.4 Å². The van der Waals surface area contributed by atoms with Crippen LogP contribution >= 0.6 is 7.37 Å². The average molecular weight is 252 g/mol. The van der Waals surface area contributed by atoms with Gasteiger partial charge in [-0.3, -0.25) is 4.57 Å². The van der Waals surface area contributed by atoms with Gasteiger partial charge in [-0.05, 0) is 54.8 Å². The summed E-state index contributed by atoms with van der Waals surface area (Å²) in [6, 6.07) is 0. The summed E-state index contributed by atoms with van der Waals surface area (Å²) < 4.78 is 17.7. The summed E-state index contributed by atoms with van der Waals surface area (Å²) in [5.41, 5.74) is 0. The van der Waals surface area contributed by atoms with Crippen molar-refractivity contribution in [2.24, 2.45) is 35.5 Å². The zero-order valence-electron chi connectivity index (χ0n) is 10.6. The average Bonchev–Trinajstić information content (AvgIpc) is 2.91. The minimum atomic E-state index is -2.32. The molecule has 4 aliphatic rings. The predicted octanol–water partition coefficient (Wildman–Crippen LogP) is 3.39. The van der Waals surface area contributed by atoms with Crippen LogP contribution < -0.4 is 0 Å². The molecule has 0 amide bonds. The molecule has 4 rings (SSSR count). The van der Waals surface area contributed by atoms with Crippen molar-refractivity contribution in [3.63, 3.8) is 0 Å². The lowest BCUT2D eigenvalue weighted by Crippen LogP contribution is -2.34. The fraction of sp³-hybridized carbons (Fsp3) is 0.857. The summed E-state index contributed by atoms with van der Waals surface area (Å²) in [6.07, 6.45) is 9.12. The van der Waals surface area contributed by atoms with E-state index in [1.54, 1.807) is 13.3 Å². The van der Waals surface area contributed by atoms with E-state index in [9.17, 15) is 4.57 Å². The van der Waals surface area contributed by atoms with Gasteiger partial charge in [-0.2, -0.15) is 0 Å². The van der Waals surface area contributed by atoms with Gasteiger partial charge >= 0.3 is 0 Å². The van der Waals surface area contributed by atoms with Crippen LogP contribution in [0.2, 0.25) is 0 Å². The lowest BCUT2D eigenvalue weighted by molar-refractivity contribution is 0.0700. The Labute approximate surface area is 103 Å². The highest BCUT2D eigenvalue weighted by molar-refractivity contribution is 7.57. The SMILES string of the molecule is CP(C)(=O)OC1CC2CC1C1C3C=CC(C3)C21. The van der Waals surface area contributed by atoms with E-state index in [4.69, 9.17) is 4.52 Å². The van der Waals surface area contributed by atoms with Gasteiger partial charge in [0.05, 0.1) is 6.10 Å². The van der Waals surface area contributed by atoms with Gasteiger partial charge in [0.15, 0.2) is 7.37 Å². The van der Waals surface area contributed by atoms with E-state index in [1.807, 2.05) is 0 Å². The maximum Gasteiger partial charge on any atom is 0.197 e. The Bertz CT molecular complexity index is 424. The Hall–Kier alpha value is -0.0700. The fourth-order valence-electron chi connectivity index (χ4n) is 5.40. The number of hydrogen-bond donors (Lipinski definition) is 0. The molecular weight excluding hydrogens is 231 g/mol. The second-order valence-corrected chi connectivity index (χ2v) is 9.61. The third-order valence-electron chi connectivity index (χ3n) is 5.60. The van der Waals surface area contributed by atoms with Gasteiger partial charge in [0.2, 0.25) is 0 Å². The molecule has 0 radical (unpaired) electrons. The van der Waals surface area contributed by atoms with Crippen LogP contribution in [0.5, 0.6) is 0 Å². The van der Waals surface area contributed by atoms with E-state index in [0.29, 0.717) is 12.0 Å². The van der Waals surface area contributed by atoms with Gasteiger partial charge in [0.25, 0.3) is 0 Å². The summed E-state index contributed by atoms with van der Waals surface area (Å²) >= 11 is 0. The van der Waals surface area contributed by atoms with E-state index >= 15 is 0 Å². The monoisotopic (exact) mass is 252 g/mol. The molecule has 0 heterocycles. The Morgan fingerprint density at radius 2 is 1.76 bits per heavy atom. The van der Waals surface area contributed by atoms with E-state index in [-0.39, 0.29) is 0 Å². The number of allylic oxidation sites excluding steroid dienone is 2. The molecule has 7 unspecified atom stereocenters.